The highest BCUT2D eigenvalue weighted by Gasteiger charge is 2.27. The van der Waals surface area contributed by atoms with Gasteiger partial charge in [-0.15, -0.1) is 19.7 Å². The number of unbranched alkanes of at least 4 members (excludes halogenated alkanes) is 16. The second-order valence-electron chi connectivity index (χ2n) is 11.6. The summed E-state index contributed by atoms with van der Waals surface area (Å²) in [6.07, 6.45) is 41.0. The molecule has 35 heavy (non-hydrogen) atoms. The summed E-state index contributed by atoms with van der Waals surface area (Å²) < 4.78 is 0. The molecular weight excluding hydrogens is 420 g/mol. The maximum Gasteiger partial charge on any atom is -0.0194 e. The van der Waals surface area contributed by atoms with Gasteiger partial charge in [0.25, 0.3) is 0 Å². The van der Waals surface area contributed by atoms with E-state index in [1.54, 1.807) is 0 Å². The van der Waals surface area contributed by atoms with Crippen LogP contribution in [-0.2, 0) is 0 Å². The van der Waals surface area contributed by atoms with Crippen LogP contribution >= 0.6 is 0 Å². The number of hydrogen-bond acceptors (Lipinski definition) is 0. The predicted octanol–water partition coefficient (Wildman–Crippen LogP) is 12.9. The second-order valence-corrected chi connectivity index (χ2v) is 11.6. The molecule has 0 aliphatic rings. The molecule has 0 nitrogen and oxygen atoms in total. The SMILES string of the molecule is C=CCC(CC=C)(CC=C)CCC(CCCCCCCCCCC)CCCCCCCCCCC. The molecule has 0 saturated carbocycles. The molecule has 0 aromatic heterocycles. The maximum atomic E-state index is 4.07. The van der Waals surface area contributed by atoms with Crippen molar-refractivity contribution in [3.63, 3.8) is 0 Å². The standard InChI is InChI=1S/C35H66/c1-6-11-13-15-17-19-21-23-25-27-34(28-26-24-22-20-18-16-14-12-7-2)29-33-35(30-8-3,31-9-4)32-10-5/h8-10,34H,3-7,11-33H2,1-2H3. The van der Waals surface area contributed by atoms with Crippen molar-refractivity contribution in [2.45, 2.75) is 174 Å². The van der Waals surface area contributed by atoms with Crippen molar-refractivity contribution in [2.24, 2.45) is 11.3 Å². The third-order valence-corrected chi connectivity index (χ3v) is 8.25. The number of allylic oxidation sites excluding steroid dienone is 3. The van der Waals surface area contributed by atoms with E-state index in [2.05, 4.69) is 51.8 Å². The first-order valence-electron chi connectivity index (χ1n) is 16.0. The van der Waals surface area contributed by atoms with E-state index in [1.165, 1.54) is 141 Å². The van der Waals surface area contributed by atoms with E-state index in [1.807, 2.05) is 0 Å². The average molecular weight is 487 g/mol. The van der Waals surface area contributed by atoms with Crippen LogP contribution in [0.2, 0.25) is 0 Å². The van der Waals surface area contributed by atoms with Crippen molar-refractivity contribution >= 4 is 0 Å². The fourth-order valence-corrected chi connectivity index (χ4v) is 5.91. The van der Waals surface area contributed by atoms with E-state index in [9.17, 15) is 0 Å². The minimum absolute atomic E-state index is 0.306. The Morgan fingerprint density at radius 3 is 1.09 bits per heavy atom. The zero-order valence-corrected chi connectivity index (χ0v) is 24.6. The Morgan fingerprint density at radius 2 is 0.771 bits per heavy atom. The highest BCUT2D eigenvalue weighted by Crippen LogP contribution is 2.40. The molecule has 0 aliphatic carbocycles. The molecule has 206 valence electrons. The molecule has 0 spiro atoms. The molecule has 0 unspecified atom stereocenters. The average Bonchev–Trinajstić information content (AvgIpc) is 2.85. The molecular formula is C35H66. The van der Waals surface area contributed by atoms with Gasteiger partial charge in [-0.2, -0.15) is 0 Å². The largest absolute Gasteiger partial charge is 0.103 e. The van der Waals surface area contributed by atoms with E-state index >= 15 is 0 Å². The topological polar surface area (TPSA) is 0 Å². The number of rotatable bonds is 29. The predicted molar refractivity (Wildman–Crippen MR) is 163 cm³/mol. The first-order chi connectivity index (χ1) is 17.2. The summed E-state index contributed by atoms with van der Waals surface area (Å²) in [5, 5.41) is 0. The van der Waals surface area contributed by atoms with Gasteiger partial charge in [0.15, 0.2) is 0 Å². The lowest BCUT2D eigenvalue weighted by Crippen LogP contribution is -2.20. The van der Waals surface area contributed by atoms with Gasteiger partial charge < -0.3 is 0 Å². The summed E-state index contributed by atoms with van der Waals surface area (Å²) in [4.78, 5) is 0. The van der Waals surface area contributed by atoms with Gasteiger partial charge in [0.05, 0.1) is 0 Å². The first-order valence-corrected chi connectivity index (χ1v) is 16.0. The lowest BCUT2D eigenvalue weighted by molar-refractivity contribution is 0.231. The molecule has 0 heterocycles. The van der Waals surface area contributed by atoms with Crippen LogP contribution < -0.4 is 0 Å². The third kappa shape index (κ3) is 21.0. The molecule has 0 saturated heterocycles. The van der Waals surface area contributed by atoms with Crippen LogP contribution in [0.4, 0.5) is 0 Å². The quantitative estimate of drug-likeness (QED) is 0.0728. The molecule has 0 amide bonds. The van der Waals surface area contributed by atoms with Crippen molar-refractivity contribution in [1.29, 1.82) is 0 Å². The Labute approximate surface area is 223 Å². The molecule has 0 rings (SSSR count). The zero-order valence-electron chi connectivity index (χ0n) is 24.6. The first kappa shape index (κ1) is 34.2. The van der Waals surface area contributed by atoms with Gasteiger partial charge in [-0.1, -0.05) is 160 Å². The van der Waals surface area contributed by atoms with E-state index in [4.69, 9.17) is 0 Å². The van der Waals surface area contributed by atoms with Crippen LogP contribution in [0.5, 0.6) is 0 Å². The molecule has 0 atom stereocenters. The Hall–Kier alpha value is -0.780. The summed E-state index contributed by atoms with van der Waals surface area (Å²) in [6.45, 7) is 16.8. The summed E-state index contributed by atoms with van der Waals surface area (Å²) in [7, 11) is 0. The molecule has 0 fully saturated rings. The van der Waals surface area contributed by atoms with E-state index in [0.717, 1.165) is 25.2 Å². The molecule has 0 radical (unpaired) electrons. The van der Waals surface area contributed by atoms with E-state index in [0.29, 0.717) is 5.41 Å². The van der Waals surface area contributed by atoms with Gasteiger partial charge in [-0.3, -0.25) is 0 Å². The zero-order chi connectivity index (χ0) is 25.9. The Morgan fingerprint density at radius 1 is 0.457 bits per heavy atom. The maximum absolute atomic E-state index is 4.07. The summed E-state index contributed by atoms with van der Waals surface area (Å²) in [6, 6.07) is 0. The second kappa shape index (κ2) is 26.3. The number of hydrogen-bond donors (Lipinski definition) is 0. The van der Waals surface area contributed by atoms with Crippen molar-refractivity contribution in [3.8, 4) is 0 Å². The molecule has 0 bridgehead atoms. The normalized spacial score (nSPS) is 11.7. The lowest BCUT2D eigenvalue weighted by atomic mass is 9.72. The van der Waals surface area contributed by atoms with Gasteiger partial charge in [0.2, 0.25) is 0 Å². The van der Waals surface area contributed by atoms with Crippen molar-refractivity contribution in [3.05, 3.63) is 38.0 Å². The van der Waals surface area contributed by atoms with Crippen LogP contribution in [0.15, 0.2) is 38.0 Å². The van der Waals surface area contributed by atoms with Crippen molar-refractivity contribution in [1.82, 2.24) is 0 Å². The van der Waals surface area contributed by atoms with Gasteiger partial charge in [-0.25, -0.2) is 0 Å². The van der Waals surface area contributed by atoms with E-state index < -0.39 is 0 Å². The van der Waals surface area contributed by atoms with Gasteiger partial charge in [0, 0.05) is 0 Å². The minimum Gasteiger partial charge on any atom is -0.103 e. The summed E-state index contributed by atoms with van der Waals surface area (Å²) >= 11 is 0. The Bertz CT molecular complexity index is 410. The van der Waals surface area contributed by atoms with Crippen LogP contribution in [0.1, 0.15) is 174 Å². The smallest absolute Gasteiger partial charge is 0.0194 e. The molecule has 0 aromatic rings. The highest BCUT2D eigenvalue weighted by atomic mass is 14.3. The van der Waals surface area contributed by atoms with Gasteiger partial charge in [-0.05, 0) is 43.4 Å². The van der Waals surface area contributed by atoms with Crippen LogP contribution in [0.3, 0.4) is 0 Å². The van der Waals surface area contributed by atoms with Crippen molar-refractivity contribution in [2.75, 3.05) is 0 Å². The fourth-order valence-electron chi connectivity index (χ4n) is 5.91. The fraction of sp³-hybridized carbons (Fsp3) is 0.829. The molecule has 0 aromatic carbocycles. The van der Waals surface area contributed by atoms with Crippen LogP contribution in [0, 0.1) is 11.3 Å². The highest BCUT2D eigenvalue weighted by molar-refractivity contribution is 4.95. The summed E-state index contributed by atoms with van der Waals surface area (Å²) in [5.74, 6) is 0.905. The van der Waals surface area contributed by atoms with E-state index in [-0.39, 0.29) is 0 Å². The molecule has 0 aliphatic heterocycles. The minimum atomic E-state index is 0.306. The van der Waals surface area contributed by atoms with Gasteiger partial charge >= 0.3 is 0 Å². The van der Waals surface area contributed by atoms with Crippen LogP contribution in [-0.4, -0.2) is 0 Å². The van der Waals surface area contributed by atoms with Crippen LogP contribution in [0.25, 0.3) is 0 Å². The Kier molecular flexibility index (Phi) is 25.7. The Balaban J connectivity index is 4.46. The van der Waals surface area contributed by atoms with Gasteiger partial charge in [0.1, 0.15) is 0 Å². The molecule has 0 heteroatoms. The van der Waals surface area contributed by atoms with Crippen molar-refractivity contribution < 1.29 is 0 Å². The monoisotopic (exact) mass is 487 g/mol. The third-order valence-electron chi connectivity index (χ3n) is 8.25. The summed E-state index contributed by atoms with van der Waals surface area (Å²) in [5.41, 5.74) is 0.306. The lowest BCUT2D eigenvalue weighted by Gasteiger charge is -2.33. The molecule has 0 N–H and O–H groups in total.